The normalized spacial score (nSPS) is 12.5. The van der Waals surface area contributed by atoms with E-state index in [9.17, 15) is 0 Å². The molecule has 0 saturated carbocycles. The lowest BCUT2D eigenvalue weighted by molar-refractivity contribution is 0.154. The molecule has 1 N–H and O–H groups in total. The number of hydrogen-bond acceptors (Lipinski definition) is 2. The number of hydrogen-bond donors (Lipinski definition) is 1. The van der Waals surface area contributed by atoms with E-state index >= 15 is 0 Å². The highest BCUT2D eigenvalue weighted by Gasteiger charge is 2.18. The van der Waals surface area contributed by atoms with Crippen LogP contribution in [0.1, 0.15) is 34.1 Å². The fourth-order valence-electron chi connectivity index (χ4n) is 1.67. The van der Waals surface area contributed by atoms with Crippen molar-refractivity contribution in [1.82, 2.24) is 5.32 Å². The lowest BCUT2D eigenvalue weighted by Crippen LogP contribution is -2.31. The average Bonchev–Trinajstić information content (AvgIpc) is 1.84. The van der Waals surface area contributed by atoms with Crippen LogP contribution in [-0.2, 0) is 4.74 Å². The summed E-state index contributed by atoms with van der Waals surface area (Å²) in [5.41, 5.74) is 0.382. The Morgan fingerprint density at radius 1 is 1.33 bits per heavy atom. The summed E-state index contributed by atoms with van der Waals surface area (Å²) < 4.78 is 4.93. The molecule has 0 aliphatic carbocycles. The maximum Gasteiger partial charge on any atom is 0.0961 e. The third-order valence-electron chi connectivity index (χ3n) is 1.81. The molecule has 0 spiro atoms. The highest BCUT2D eigenvalue weighted by molar-refractivity contribution is 4.72. The second-order valence-corrected chi connectivity index (χ2v) is 4.62. The molecule has 0 rings (SSSR count). The molecule has 74 valence electrons. The van der Waals surface area contributed by atoms with E-state index in [0.29, 0.717) is 12.1 Å². The van der Waals surface area contributed by atoms with Crippen molar-refractivity contribution in [3.8, 4) is 0 Å². The Bertz CT molecular complexity index is 110. The summed E-state index contributed by atoms with van der Waals surface area (Å²) in [7, 11) is 1.71. The molecule has 2 heteroatoms. The third kappa shape index (κ3) is 6.62. The Morgan fingerprint density at radius 2 is 1.92 bits per heavy atom. The molecule has 0 unspecified atom stereocenters. The highest BCUT2D eigenvalue weighted by Crippen LogP contribution is 2.23. The van der Waals surface area contributed by atoms with Gasteiger partial charge in [0.05, 0.1) is 6.73 Å². The van der Waals surface area contributed by atoms with E-state index in [4.69, 9.17) is 4.74 Å². The highest BCUT2D eigenvalue weighted by atomic mass is 16.5. The van der Waals surface area contributed by atoms with Gasteiger partial charge in [0.2, 0.25) is 0 Å². The quantitative estimate of drug-likeness (QED) is 0.491. The van der Waals surface area contributed by atoms with E-state index in [2.05, 4.69) is 33.0 Å². The summed E-state index contributed by atoms with van der Waals surface area (Å²) in [4.78, 5) is 0. The monoisotopic (exact) mass is 173 g/mol. The number of nitrogens with one attached hydrogen (secondary N) is 1. The Kier molecular flexibility index (Phi) is 5.51. The first kappa shape index (κ1) is 11.9. The van der Waals surface area contributed by atoms with Crippen LogP contribution in [-0.4, -0.2) is 20.4 Å². The van der Waals surface area contributed by atoms with Gasteiger partial charge in [-0.1, -0.05) is 27.7 Å². The van der Waals surface area contributed by atoms with E-state index in [0.717, 1.165) is 12.5 Å². The minimum Gasteiger partial charge on any atom is -0.370 e. The van der Waals surface area contributed by atoms with Crippen molar-refractivity contribution in [2.45, 2.75) is 34.1 Å². The van der Waals surface area contributed by atoms with Crippen molar-refractivity contribution in [2.24, 2.45) is 11.3 Å². The van der Waals surface area contributed by atoms with Gasteiger partial charge in [0, 0.05) is 13.7 Å². The zero-order chi connectivity index (χ0) is 9.61. The lowest BCUT2D eigenvalue weighted by Gasteiger charge is -2.26. The van der Waals surface area contributed by atoms with Gasteiger partial charge < -0.3 is 4.74 Å². The summed E-state index contributed by atoms with van der Waals surface area (Å²) in [6.07, 6.45) is 1.25. The van der Waals surface area contributed by atoms with E-state index in [1.54, 1.807) is 7.11 Å². The average molecular weight is 173 g/mol. The van der Waals surface area contributed by atoms with Gasteiger partial charge in [-0.3, -0.25) is 5.32 Å². The van der Waals surface area contributed by atoms with Crippen molar-refractivity contribution >= 4 is 0 Å². The maximum atomic E-state index is 4.93. The van der Waals surface area contributed by atoms with Gasteiger partial charge in [-0.25, -0.2) is 0 Å². The topological polar surface area (TPSA) is 21.3 Å². The summed E-state index contributed by atoms with van der Waals surface area (Å²) >= 11 is 0. The fraction of sp³-hybridized carbons (Fsp3) is 1.00. The molecule has 0 aromatic carbocycles. The zero-order valence-corrected chi connectivity index (χ0v) is 9.11. The fourth-order valence-corrected chi connectivity index (χ4v) is 1.67. The molecule has 0 aromatic heterocycles. The number of rotatable bonds is 6. The van der Waals surface area contributed by atoms with Crippen molar-refractivity contribution < 1.29 is 4.74 Å². The molecule has 0 aromatic rings. The minimum atomic E-state index is 0.382. The summed E-state index contributed by atoms with van der Waals surface area (Å²) in [6, 6.07) is 0. The molecule has 0 aliphatic rings. The molecule has 0 atom stereocenters. The molecule has 2 nitrogen and oxygen atoms in total. The molecule has 12 heavy (non-hydrogen) atoms. The molecule has 0 heterocycles. The summed E-state index contributed by atoms with van der Waals surface area (Å²) in [6.45, 7) is 10.8. The van der Waals surface area contributed by atoms with Gasteiger partial charge in [0.25, 0.3) is 0 Å². The second-order valence-electron chi connectivity index (χ2n) is 4.62. The van der Waals surface area contributed by atoms with Gasteiger partial charge in [0.15, 0.2) is 0 Å². The van der Waals surface area contributed by atoms with E-state index in [1.165, 1.54) is 6.42 Å². The smallest absolute Gasteiger partial charge is 0.0961 e. The van der Waals surface area contributed by atoms with Crippen molar-refractivity contribution in [1.29, 1.82) is 0 Å². The third-order valence-corrected chi connectivity index (χ3v) is 1.81. The maximum absolute atomic E-state index is 4.93. The van der Waals surface area contributed by atoms with Crippen LogP contribution in [0.25, 0.3) is 0 Å². The van der Waals surface area contributed by atoms with Gasteiger partial charge in [-0.05, 0) is 17.8 Å². The first-order chi connectivity index (χ1) is 5.48. The van der Waals surface area contributed by atoms with Gasteiger partial charge in [-0.2, -0.15) is 0 Å². The molecule has 0 radical (unpaired) electrons. The standard InChI is InChI=1S/C10H23NO/c1-9(2)6-10(3,4)7-11-8-12-5/h9,11H,6-8H2,1-5H3. The first-order valence-corrected chi connectivity index (χ1v) is 4.67. The van der Waals surface area contributed by atoms with Crippen molar-refractivity contribution in [2.75, 3.05) is 20.4 Å². The van der Waals surface area contributed by atoms with Crippen LogP contribution in [0.3, 0.4) is 0 Å². The lowest BCUT2D eigenvalue weighted by atomic mass is 9.84. The Hall–Kier alpha value is -0.0800. The van der Waals surface area contributed by atoms with Gasteiger partial charge in [0.1, 0.15) is 0 Å². The van der Waals surface area contributed by atoms with Crippen LogP contribution < -0.4 is 5.32 Å². The van der Waals surface area contributed by atoms with E-state index in [1.807, 2.05) is 0 Å². The van der Waals surface area contributed by atoms with Crippen LogP contribution in [0.2, 0.25) is 0 Å². The summed E-state index contributed by atoms with van der Waals surface area (Å²) in [5, 5.41) is 3.26. The Balaban J connectivity index is 3.56. The number of methoxy groups -OCH3 is 1. The molecule has 0 saturated heterocycles. The van der Waals surface area contributed by atoms with Gasteiger partial charge >= 0.3 is 0 Å². The van der Waals surface area contributed by atoms with Crippen LogP contribution in [0.4, 0.5) is 0 Å². The summed E-state index contributed by atoms with van der Waals surface area (Å²) in [5.74, 6) is 0.768. The Morgan fingerprint density at radius 3 is 2.33 bits per heavy atom. The minimum absolute atomic E-state index is 0.382. The molecular weight excluding hydrogens is 150 g/mol. The van der Waals surface area contributed by atoms with Crippen LogP contribution in [0.5, 0.6) is 0 Å². The van der Waals surface area contributed by atoms with Crippen LogP contribution >= 0.6 is 0 Å². The first-order valence-electron chi connectivity index (χ1n) is 4.67. The molecule has 0 amide bonds. The number of ether oxygens (including phenoxy) is 1. The molecule has 0 bridgehead atoms. The Labute approximate surface area is 76.7 Å². The van der Waals surface area contributed by atoms with E-state index in [-0.39, 0.29) is 0 Å². The predicted molar refractivity (Wildman–Crippen MR) is 53.1 cm³/mol. The van der Waals surface area contributed by atoms with E-state index < -0.39 is 0 Å². The van der Waals surface area contributed by atoms with Crippen molar-refractivity contribution in [3.05, 3.63) is 0 Å². The molecule has 0 aliphatic heterocycles. The zero-order valence-electron chi connectivity index (χ0n) is 9.11. The SMILES string of the molecule is COCNCC(C)(C)CC(C)C. The van der Waals surface area contributed by atoms with Crippen LogP contribution in [0, 0.1) is 11.3 Å². The second kappa shape index (κ2) is 5.55. The van der Waals surface area contributed by atoms with Crippen LogP contribution in [0.15, 0.2) is 0 Å². The van der Waals surface area contributed by atoms with Gasteiger partial charge in [-0.15, -0.1) is 0 Å². The molecular formula is C10H23NO. The predicted octanol–water partition coefficient (Wildman–Crippen LogP) is 2.25. The molecule has 0 fully saturated rings. The largest absolute Gasteiger partial charge is 0.370 e. The van der Waals surface area contributed by atoms with Crippen molar-refractivity contribution in [3.63, 3.8) is 0 Å².